The van der Waals surface area contributed by atoms with Crippen molar-refractivity contribution in [2.24, 2.45) is 5.92 Å². The number of hydrogen-bond acceptors (Lipinski definition) is 1. The fourth-order valence-electron chi connectivity index (χ4n) is 2.43. The molecule has 0 saturated carbocycles. The molecule has 1 aliphatic rings. The summed E-state index contributed by atoms with van der Waals surface area (Å²) < 4.78 is 0. The van der Waals surface area contributed by atoms with Crippen LogP contribution < -0.4 is 0 Å². The van der Waals surface area contributed by atoms with Crippen molar-refractivity contribution in [3.05, 3.63) is 35.4 Å². The molecule has 0 aromatic heterocycles. The van der Waals surface area contributed by atoms with Crippen LogP contribution in [0.25, 0.3) is 0 Å². The molecule has 0 N–H and O–H groups in total. The SMILES string of the molecule is CC(=O)[C@@H]1C[C@@H](C)Cc2ccccc21. The van der Waals surface area contributed by atoms with Gasteiger partial charge in [0, 0.05) is 5.92 Å². The van der Waals surface area contributed by atoms with Gasteiger partial charge in [0.05, 0.1) is 0 Å². The van der Waals surface area contributed by atoms with Gasteiger partial charge in [-0.05, 0) is 36.8 Å². The first-order valence-corrected chi connectivity index (χ1v) is 5.26. The quantitative estimate of drug-likeness (QED) is 0.662. The summed E-state index contributed by atoms with van der Waals surface area (Å²) in [6.07, 6.45) is 2.15. The highest BCUT2D eigenvalue weighted by molar-refractivity contribution is 5.84. The molecule has 2 rings (SSSR count). The van der Waals surface area contributed by atoms with Crippen molar-refractivity contribution in [3.8, 4) is 0 Å². The standard InChI is InChI=1S/C13H16O/c1-9-7-11-5-3-4-6-12(11)13(8-9)10(2)14/h3-6,9,13H,7-8H2,1-2H3/t9-,13-/m0/s1. The van der Waals surface area contributed by atoms with Crippen molar-refractivity contribution < 1.29 is 4.79 Å². The second kappa shape index (κ2) is 3.56. The molecule has 1 heteroatoms. The number of hydrogen-bond donors (Lipinski definition) is 0. The number of benzene rings is 1. The summed E-state index contributed by atoms with van der Waals surface area (Å²) in [4.78, 5) is 11.5. The highest BCUT2D eigenvalue weighted by Crippen LogP contribution is 2.34. The van der Waals surface area contributed by atoms with Gasteiger partial charge in [-0.15, -0.1) is 0 Å². The van der Waals surface area contributed by atoms with Crippen LogP contribution in [0.2, 0.25) is 0 Å². The van der Waals surface area contributed by atoms with E-state index in [1.165, 1.54) is 11.1 Å². The number of Topliss-reactive ketones (excluding diaryl/α,β-unsaturated/α-hetero) is 1. The normalized spacial score (nSPS) is 25.6. The maximum atomic E-state index is 11.5. The highest BCUT2D eigenvalue weighted by Gasteiger charge is 2.26. The van der Waals surface area contributed by atoms with E-state index >= 15 is 0 Å². The minimum atomic E-state index is 0.148. The lowest BCUT2D eigenvalue weighted by molar-refractivity contribution is -0.118. The van der Waals surface area contributed by atoms with Gasteiger partial charge in [0.1, 0.15) is 5.78 Å². The fraction of sp³-hybridized carbons (Fsp3) is 0.462. The molecule has 0 spiro atoms. The number of rotatable bonds is 1. The van der Waals surface area contributed by atoms with Crippen LogP contribution in [0.1, 0.15) is 37.3 Å². The summed E-state index contributed by atoms with van der Waals surface area (Å²) >= 11 is 0. The zero-order chi connectivity index (χ0) is 10.1. The molecule has 14 heavy (non-hydrogen) atoms. The molecule has 0 amide bonds. The second-order valence-corrected chi connectivity index (χ2v) is 4.41. The van der Waals surface area contributed by atoms with Crippen molar-refractivity contribution in [2.75, 3.05) is 0 Å². The van der Waals surface area contributed by atoms with Crippen LogP contribution in [0.4, 0.5) is 0 Å². The van der Waals surface area contributed by atoms with Crippen molar-refractivity contribution in [1.29, 1.82) is 0 Å². The summed E-state index contributed by atoms with van der Waals surface area (Å²) in [5.74, 6) is 1.10. The van der Waals surface area contributed by atoms with Crippen molar-refractivity contribution >= 4 is 5.78 Å². The first-order chi connectivity index (χ1) is 6.68. The van der Waals surface area contributed by atoms with Gasteiger partial charge >= 0.3 is 0 Å². The van der Waals surface area contributed by atoms with Crippen LogP contribution in [-0.2, 0) is 11.2 Å². The van der Waals surface area contributed by atoms with Gasteiger partial charge in [-0.25, -0.2) is 0 Å². The van der Waals surface area contributed by atoms with Gasteiger partial charge in [0.2, 0.25) is 0 Å². The topological polar surface area (TPSA) is 17.1 Å². The minimum absolute atomic E-state index is 0.148. The Kier molecular flexibility index (Phi) is 2.40. The zero-order valence-corrected chi connectivity index (χ0v) is 8.79. The third-order valence-corrected chi connectivity index (χ3v) is 3.13. The summed E-state index contributed by atoms with van der Waals surface area (Å²) in [5, 5.41) is 0. The van der Waals surface area contributed by atoms with E-state index in [-0.39, 0.29) is 5.92 Å². The first kappa shape index (κ1) is 9.45. The monoisotopic (exact) mass is 188 g/mol. The van der Waals surface area contributed by atoms with Crippen LogP contribution in [0.5, 0.6) is 0 Å². The summed E-state index contributed by atoms with van der Waals surface area (Å²) in [5.41, 5.74) is 2.63. The van der Waals surface area contributed by atoms with E-state index in [1.807, 2.05) is 6.07 Å². The van der Waals surface area contributed by atoms with Gasteiger partial charge in [0.15, 0.2) is 0 Å². The molecule has 0 radical (unpaired) electrons. The van der Waals surface area contributed by atoms with Crippen LogP contribution in [0.15, 0.2) is 24.3 Å². The number of carbonyl (C=O) groups excluding carboxylic acids is 1. The molecule has 74 valence electrons. The lowest BCUT2D eigenvalue weighted by Crippen LogP contribution is -2.21. The van der Waals surface area contributed by atoms with Crippen molar-refractivity contribution in [1.82, 2.24) is 0 Å². The minimum Gasteiger partial charge on any atom is -0.299 e. The molecular weight excluding hydrogens is 172 g/mol. The molecular formula is C13H16O. The average Bonchev–Trinajstić information content (AvgIpc) is 2.16. The Labute approximate surface area is 85.1 Å². The van der Waals surface area contributed by atoms with Crippen LogP contribution in [0.3, 0.4) is 0 Å². The number of carbonyl (C=O) groups is 1. The Balaban J connectivity index is 2.43. The Morgan fingerprint density at radius 3 is 2.79 bits per heavy atom. The summed E-state index contributed by atoms with van der Waals surface area (Å²) in [7, 11) is 0. The molecule has 0 saturated heterocycles. The highest BCUT2D eigenvalue weighted by atomic mass is 16.1. The fourth-order valence-corrected chi connectivity index (χ4v) is 2.43. The average molecular weight is 188 g/mol. The van der Waals surface area contributed by atoms with E-state index in [2.05, 4.69) is 25.1 Å². The molecule has 0 aliphatic heterocycles. The van der Waals surface area contributed by atoms with Crippen LogP contribution in [-0.4, -0.2) is 5.78 Å². The van der Waals surface area contributed by atoms with Gasteiger partial charge < -0.3 is 0 Å². The van der Waals surface area contributed by atoms with E-state index in [9.17, 15) is 4.79 Å². The number of ketones is 1. The Morgan fingerprint density at radius 2 is 2.07 bits per heavy atom. The zero-order valence-electron chi connectivity index (χ0n) is 8.79. The predicted octanol–water partition coefficient (Wildman–Crippen LogP) is 2.94. The van der Waals surface area contributed by atoms with Crippen molar-refractivity contribution in [2.45, 2.75) is 32.6 Å². The largest absolute Gasteiger partial charge is 0.299 e. The lowest BCUT2D eigenvalue weighted by atomic mass is 9.76. The van der Waals surface area contributed by atoms with Gasteiger partial charge in [-0.1, -0.05) is 31.2 Å². The van der Waals surface area contributed by atoms with Crippen molar-refractivity contribution in [3.63, 3.8) is 0 Å². The van der Waals surface area contributed by atoms with E-state index in [0.717, 1.165) is 12.8 Å². The number of fused-ring (bicyclic) bond motifs is 1. The lowest BCUT2D eigenvalue weighted by Gasteiger charge is -2.27. The summed E-state index contributed by atoms with van der Waals surface area (Å²) in [6, 6.07) is 8.35. The third kappa shape index (κ3) is 1.59. The van der Waals surface area contributed by atoms with E-state index < -0.39 is 0 Å². The van der Waals surface area contributed by atoms with Crippen LogP contribution >= 0.6 is 0 Å². The van der Waals surface area contributed by atoms with E-state index in [0.29, 0.717) is 11.7 Å². The Bertz CT molecular complexity index is 354. The van der Waals surface area contributed by atoms with Gasteiger partial charge in [-0.3, -0.25) is 4.79 Å². The Morgan fingerprint density at radius 1 is 1.36 bits per heavy atom. The molecule has 0 bridgehead atoms. The second-order valence-electron chi connectivity index (χ2n) is 4.41. The maximum absolute atomic E-state index is 11.5. The van der Waals surface area contributed by atoms with E-state index in [1.54, 1.807) is 6.92 Å². The Hall–Kier alpha value is -1.11. The first-order valence-electron chi connectivity index (χ1n) is 5.26. The molecule has 0 heterocycles. The van der Waals surface area contributed by atoms with E-state index in [4.69, 9.17) is 0 Å². The molecule has 1 nitrogen and oxygen atoms in total. The molecule has 1 aromatic rings. The predicted molar refractivity (Wildman–Crippen MR) is 57.3 cm³/mol. The molecule has 0 fully saturated rings. The van der Waals surface area contributed by atoms with Crippen LogP contribution in [0, 0.1) is 5.92 Å². The smallest absolute Gasteiger partial charge is 0.137 e. The van der Waals surface area contributed by atoms with Gasteiger partial charge in [-0.2, -0.15) is 0 Å². The third-order valence-electron chi connectivity index (χ3n) is 3.13. The molecule has 1 aromatic carbocycles. The molecule has 2 atom stereocenters. The maximum Gasteiger partial charge on any atom is 0.137 e. The molecule has 1 aliphatic carbocycles. The molecule has 0 unspecified atom stereocenters. The summed E-state index contributed by atoms with van der Waals surface area (Å²) in [6.45, 7) is 3.94. The van der Waals surface area contributed by atoms with Gasteiger partial charge in [0.25, 0.3) is 0 Å².